The smallest absolute Gasteiger partial charge is 0.322 e. The maximum absolute atomic E-state index is 11.3. The number of hydrogen-bond acceptors (Lipinski definition) is 4. The van der Waals surface area contributed by atoms with E-state index >= 15 is 0 Å². The molecule has 17 heavy (non-hydrogen) atoms. The van der Waals surface area contributed by atoms with Gasteiger partial charge in [-0.05, 0) is 12.5 Å². The Labute approximate surface area is 98.7 Å². The van der Waals surface area contributed by atoms with Crippen molar-refractivity contribution in [3.05, 3.63) is 35.9 Å². The van der Waals surface area contributed by atoms with Crippen LogP contribution in [0.3, 0.4) is 0 Å². The molecule has 0 amide bonds. The van der Waals surface area contributed by atoms with Gasteiger partial charge >= 0.3 is 15.2 Å². The van der Waals surface area contributed by atoms with Gasteiger partial charge in [0.25, 0.3) is 0 Å². The first kappa shape index (κ1) is 13.0. The molecule has 1 aliphatic heterocycles. The molecule has 2 rings (SSSR count). The highest BCUT2D eigenvalue weighted by Gasteiger charge is 2.61. The Morgan fingerprint density at radius 1 is 1.24 bits per heavy atom. The van der Waals surface area contributed by atoms with E-state index in [0.717, 1.165) is 5.56 Å². The Morgan fingerprint density at radius 2 is 1.76 bits per heavy atom. The third-order valence-electron chi connectivity index (χ3n) is 2.55. The van der Waals surface area contributed by atoms with Gasteiger partial charge in [0.2, 0.25) is 5.52 Å². The van der Waals surface area contributed by atoms with Gasteiger partial charge in [-0.15, -0.1) is 0 Å². The summed E-state index contributed by atoms with van der Waals surface area (Å²) in [4.78, 5) is 18.5. The summed E-state index contributed by atoms with van der Waals surface area (Å²) in [5, 5.41) is 2.66. The first-order valence-corrected chi connectivity index (χ1v) is 8.29. The molecule has 1 aromatic carbocycles. The van der Waals surface area contributed by atoms with Gasteiger partial charge in [-0.1, -0.05) is 30.3 Å². The minimum atomic E-state index is -4.00. The molecule has 1 aromatic rings. The Bertz CT molecular complexity index is 483. The third-order valence-corrected chi connectivity index (χ3v) is 7.71. The van der Waals surface area contributed by atoms with Gasteiger partial charge in [0.05, 0.1) is 0 Å². The highest BCUT2D eigenvalue weighted by Crippen LogP contribution is 2.81. The number of nitrogens with one attached hydrogen (secondary N) is 1. The minimum Gasteiger partial charge on any atom is -0.322 e. The molecular formula is C9H13NO5P2. The lowest BCUT2D eigenvalue weighted by Crippen LogP contribution is -2.37. The Kier molecular flexibility index (Phi) is 3.29. The maximum atomic E-state index is 11.3. The van der Waals surface area contributed by atoms with E-state index in [4.69, 9.17) is 0 Å². The molecule has 0 bridgehead atoms. The molecule has 0 radical (unpaired) electrons. The van der Waals surface area contributed by atoms with Crippen LogP contribution in [0.2, 0.25) is 0 Å². The molecule has 0 saturated carbocycles. The van der Waals surface area contributed by atoms with Crippen LogP contribution >= 0.6 is 15.2 Å². The van der Waals surface area contributed by atoms with Crippen molar-refractivity contribution in [3.63, 3.8) is 0 Å². The van der Waals surface area contributed by atoms with Crippen molar-refractivity contribution in [2.24, 2.45) is 0 Å². The molecule has 0 aliphatic carbocycles. The second-order valence-corrected chi connectivity index (χ2v) is 8.23. The van der Waals surface area contributed by atoms with Gasteiger partial charge < -0.3 is 9.79 Å². The summed E-state index contributed by atoms with van der Waals surface area (Å²) in [7, 11) is -7.99. The number of rotatable bonds is 3. The SMILES string of the molecule is CC(NC1P(=O)(O)OP1(=O)O)c1ccccc1. The predicted octanol–water partition coefficient (Wildman–Crippen LogP) is 2.02. The van der Waals surface area contributed by atoms with Crippen molar-refractivity contribution < 1.29 is 23.2 Å². The third kappa shape index (κ3) is 2.52. The van der Waals surface area contributed by atoms with Gasteiger partial charge in [0, 0.05) is 6.04 Å². The van der Waals surface area contributed by atoms with Crippen LogP contribution in [0, 0.1) is 0 Å². The van der Waals surface area contributed by atoms with Crippen LogP contribution in [-0.2, 0) is 13.4 Å². The Morgan fingerprint density at radius 3 is 2.24 bits per heavy atom. The highest BCUT2D eigenvalue weighted by atomic mass is 31.3. The number of hydrogen-bond donors (Lipinski definition) is 3. The molecule has 1 saturated heterocycles. The van der Waals surface area contributed by atoms with E-state index in [1.165, 1.54) is 0 Å². The highest BCUT2D eigenvalue weighted by molar-refractivity contribution is 7.84. The van der Waals surface area contributed by atoms with Crippen molar-refractivity contribution in [2.45, 2.75) is 18.5 Å². The van der Waals surface area contributed by atoms with Gasteiger partial charge in [-0.2, -0.15) is 0 Å². The summed E-state index contributed by atoms with van der Waals surface area (Å²) in [6.07, 6.45) is 0. The van der Waals surface area contributed by atoms with Gasteiger partial charge in [-0.25, -0.2) is 4.31 Å². The lowest BCUT2D eigenvalue weighted by Gasteiger charge is -2.37. The van der Waals surface area contributed by atoms with E-state index in [9.17, 15) is 18.9 Å². The molecule has 1 heterocycles. The van der Waals surface area contributed by atoms with Crippen LogP contribution in [0.25, 0.3) is 0 Å². The van der Waals surface area contributed by atoms with Crippen LogP contribution in [0.15, 0.2) is 30.3 Å². The molecule has 3 unspecified atom stereocenters. The lowest BCUT2D eigenvalue weighted by atomic mass is 10.1. The lowest BCUT2D eigenvalue weighted by molar-refractivity contribution is 0.271. The molecule has 3 atom stereocenters. The molecule has 8 heteroatoms. The molecule has 3 N–H and O–H groups in total. The van der Waals surface area contributed by atoms with Crippen LogP contribution in [0.4, 0.5) is 0 Å². The van der Waals surface area contributed by atoms with E-state index in [0.29, 0.717) is 0 Å². The summed E-state index contributed by atoms with van der Waals surface area (Å²) >= 11 is 0. The molecule has 1 fully saturated rings. The van der Waals surface area contributed by atoms with E-state index in [1.807, 2.05) is 30.3 Å². The van der Waals surface area contributed by atoms with E-state index in [1.54, 1.807) is 6.92 Å². The molecule has 1 aliphatic rings. The normalized spacial score (nSPS) is 38.4. The fraction of sp³-hybridized carbons (Fsp3) is 0.333. The second kappa shape index (κ2) is 4.32. The Balaban J connectivity index is 2.12. The molecule has 6 nitrogen and oxygen atoms in total. The van der Waals surface area contributed by atoms with Crippen molar-refractivity contribution in [1.29, 1.82) is 0 Å². The fourth-order valence-corrected chi connectivity index (χ4v) is 5.67. The zero-order chi connectivity index (χ0) is 12.7. The zero-order valence-corrected chi connectivity index (χ0v) is 10.8. The zero-order valence-electron chi connectivity index (χ0n) is 9.06. The van der Waals surface area contributed by atoms with E-state index < -0.39 is 20.7 Å². The average Bonchev–Trinajstić information content (AvgIpc) is 2.25. The van der Waals surface area contributed by atoms with Crippen LogP contribution in [0.5, 0.6) is 0 Å². The summed E-state index contributed by atoms with van der Waals surface area (Å²) in [5.74, 6) is 0. The van der Waals surface area contributed by atoms with Crippen molar-refractivity contribution in [1.82, 2.24) is 5.32 Å². The summed E-state index contributed by atoms with van der Waals surface area (Å²) in [6, 6.07) is 8.81. The van der Waals surface area contributed by atoms with E-state index in [2.05, 4.69) is 9.63 Å². The van der Waals surface area contributed by atoms with E-state index in [-0.39, 0.29) is 6.04 Å². The molecular weight excluding hydrogens is 264 g/mol. The average molecular weight is 277 g/mol. The summed E-state index contributed by atoms with van der Waals surface area (Å²) < 4.78 is 26.8. The van der Waals surface area contributed by atoms with Crippen LogP contribution in [-0.4, -0.2) is 15.3 Å². The molecule has 94 valence electrons. The minimum absolute atomic E-state index is 0.314. The van der Waals surface area contributed by atoms with Gasteiger partial charge in [0.15, 0.2) is 0 Å². The monoisotopic (exact) mass is 277 g/mol. The summed E-state index contributed by atoms with van der Waals surface area (Å²) in [6.45, 7) is 1.74. The van der Waals surface area contributed by atoms with Crippen molar-refractivity contribution in [3.8, 4) is 0 Å². The second-order valence-electron chi connectivity index (χ2n) is 3.88. The maximum Gasteiger partial charge on any atom is 0.364 e. The quantitative estimate of drug-likeness (QED) is 0.731. The first-order valence-electron chi connectivity index (χ1n) is 5.00. The van der Waals surface area contributed by atoms with Crippen LogP contribution < -0.4 is 5.32 Å². The van der Waals surface area contributed by atoms with Crippen molar-refractivity contribution in [2.75, 3.05) is 0 Å². The Hall–Kier alpha value is -0.480. The van der Waals surface area contributed by atoms with Crippen molar-refractivity contribution >= 4 is 15.2 Å². The molecule has 0 spiro atoms. The number of benzene rings is 1. The molecule has 0 aromatic heterocycles. The first-order chi connectivity index (χ1) is 7.83. The summed E-state index contributed by atoms with van der Waals surface area (Å²) in [5.41, 5.74) is -0.537. The fourth-order valence-electron chi connectivity index (χ4n) is 1.65. The largest absolute Gasteiger partial charge is 0.364 e. The van der Waals surface area contributed by atoms with Gasteiger partial charge in [0.1, 0.15) is 0 Å². The standard InChI is InChI=1S/C9H13NO5P2/c1-7(8-5-3-2-4-6-8)10-9-16(11,12)15-17(9,13)14/h2-7,9-10H,1H3,(H,11,12)(H,13,14). The van der Waals surface area contributed by atoms with Crippen LogP contribution in [0.1, 0.15) is 18.5 Å². The van der Waals surface area contributed by atoms with Gasteiger partial charge in [-0.3, -0.25) is 14.4 Å². The topological polar surface area (TPSA) is 95.9 Å². The predicted molar refractivity (Wildman–Crippen MR) is 62.5 cm³/mol.